The second-order valence-corrected chi connectivity index (χ2v) is 47.0. The molecule has 6 aliphatic rings. The molecule has 1 N–H and O–H groups in total. The van der Waals surface area contributed by atoms with Gasteiger partial charge < -0.3 is 39.4 Å². The number of piperazine rings is 1. The highest BCUT2D eigenvalue weighted by atomic mass is 32.2. The third-order valence-corrected chi connectivity index (χ3v) is 26.1. The molecule has 3 aromatic rings. The van der Waals surface area contributed by atoms with Crippen LogP contribution in [0.4, 0.5) is 8.78 Å². The lowest BCUT2D eigenvalue weighted by atomic mass is 9.75. The largest absolute Gasteiger partial charge is 0.395 e. The van der Waals surface area contributed by atoms with Crippen molar-refractivity contribution in [2.24, 2.45) is 62.1 Å². The number of piperidine rings is 5. The SMILES string of the molecule is CC(=O)N1CCC(C(C)(C)C)CC1.CC(C)(C)C1CCN(CCC#N)CC1.CC(C)(C)C1CCN(CCO)CC1.CC(C)(C)C1CCN(CCS(C)(=O)=O)CC1.CC(C)(C)c1cc(F)cc(F)c1.CCN1CCN(CCC(C)(C)C)CC1.CN1CCC(C(C)(C)C)CC1.Cc1cccc(C)c1C(C)(C)C.Cc1ccncc1C(C)(C)C. The van der Waals surface area contributed by atoms with Crippen LogP contribution in [0, 0.1) is 106 Å². The van der Waals surface area contributed by atoms with Crippen LogP contribution in [-0.2, 0) is 30.9 Å². The smallest absolute Gasteiger partial charge is 0.219 e. The monoisotopic (exact) mass is 1640 g/mol. The van der Waals surface area contributed by atoms with Crippen molar-refractivity contribution in [3.63, 3.8) is 0 Å². The number of nitrogens with zero attached hydrogens (tertiary/aromatic N) is 9. The Bertz CT molecular complexity index is 3270. The fourth-order valence-electron chi connectivity index (χ4n) is 16.7. The number of aliphatic hydroxyl groups excluding tert-OH is 1. The average Bonchev–Trinajstić information content (AvgIpc) is 0.827. The molecular formula is C100H183F2N9O4S. The van der Waals surface area contributed by atoms with E-state index in [4.69, 9.17) is 10.4 Å². The molecular weight excluding hydrogens is 1460 g/mol. The van der Waals surface area contributed by atoms with Crippen molar-refractivity contribution in [3.05, 3.63) is 99.9 Å². The number of nitriles is 1. The number of rotatable bonds is 10. The van der Waals surface area contributed by atoms with Crippen LogP contribution in [0.3, 0.4) is 0 Å². The minimum Gasteiger partial charge on any atom is -0.395 e. The summed E-state index contributed by atoms with van der Waals surface area (Å²) in [4.78, 5) is 31.8. The number of amides is 1. The molecule has 116 heavy (non-hydrogen) atoms. The van der Waals surface area contributed by atoms with Gasteiger partial charge in [-0.1, -0.05) is 212 Å². The van der Waals surface area contributed by atoms with Crippen molar-refractivity contribution in [1.82, 2.24) is 39.3 Å². The molecule has 672 valence electrons. The summed E-state index contributed by atoms with van der Waals surface area (Å²) in [7, 11) is -0.586. The summed E-state index contributed by atoms with van der Waals surface area (Å²) in [6, 6.07) is 14.4. The predicted molar refractivity (Wildman–Crippen MR) is 497 cm³/mol. The Labute approximate surface area is 716 Å². The predicted octanol–water partition coefficient (Wildman–Crippen LogP) is 22.5. The van der Waals surface area contributed by atoms with E-state index in [1.54, 1.807) is 6.92 Å². The number of likely N-dealkylation sites (tertiary alicyclic amines) is 5. The van der Waals surface area contributed by atoms with Gasteiger partial charge in [0.25, 0.3) is 0 Å². The average molecular weight is 1650 g/mol. The lowest BCUT2D eigenvalue weighted by Crippen LogP contribution is -2.46. The van der Waals surface area contributed by atoms with Gasteiger partial charge in [0, 0.05) is 97.0 Å². The molecule has 7 heterocycles. The summed E-state index contributed by atoms with van der Waals surface area (Å²) in [6.07, 6.45) is 19.8. The van der Waals surface area contributed by atoms with Gasteiger partial charge in [-0.3, -0.25) is 9.78 Å². The van der Waals surface area contributed by atoms with Crippen LogP contribution in [0.2, 0.25) is 0 Å². The number of halogens is 2. The first kappa shape index (κ1) is 110. The zero-order valence-electron chi connectivity index (χ0n) is 81.8. The highest BCUT2D eigenvalue weighted by Gasteiger charge is 2.34. The Morgan fingerprint density at radius 1 is 0.483 bits per heavy atom. The van der Waals surface area contributed by atoms with E-state index in [0.29, 0.717) is 63.4 Å². The van der Waals surface area contributed by atoms with E-state index in [0.717, 1.165) is 74.9 Å². The first-order chi connectivity index (χ1) is 53.0. The van der Waals surface area contributed by atoms with E-state index in [2.05, 4.69) is 266 Å². The Morgan fingerprint density at radius 2 is 0.836 bits per heavy atom. The number of sulfone groups is 1. The van der Waals surface area contributed by atoms with Crippen LogP contribution in [0.15, 0.2) is 54.9 Å². The van der Waals surface area contributed by atoms with Crippen LogP contribution < -0.4 is 0 Å². The summed E-state index contributed by atoms with van der Waals surface area (Å²) < 4.78 is 47.6. The van der Waals surface area contributed by atoms with Gasteiger partial charge in [-0.15, -0.1) is 0 Å². The first-order valence-electron chi connectivity index (χ1n) is 45.2. The van der Waals surface area contributed by atoms with Crippen LogP contribution >= 0.6 is 0 Å². The number of hydrogen-bond acceptors (Lipinski definition) is 12. The minimum absolute atomic E-state index is 0.205. The number of pyridine rings is 1. The van der Waals surface area contributed by atoms with Gasteiger partial charge >= 0.3 is 0 Å². The molecule has 16 heteroatoms. The Kier molecular flexibility index (Phi) is 48.0. The van der Waals surface area contributed by atoms with Gasteiger partial charge in [-0.25, -0.2) is 17.2 Å². The molecule has 0 spiro atoms. The summed E-state index contributed by atoms with van der Waals surface area (Å²) in [6.45, 7) is 93.1. The maximum absolute atomic E-state index is 12.7. The van der Waals surface area contributed by atoms with Gasteiger partial charge in [-0.2, -0.15) is 5.26 Å². The number of aryl methyl sites for hydroxylation is 3. The summed E-state index contributed by atoms with van der Waals surface area (Å²) >= 11 is 0. The fraction of sp³-hybridized carbons (Fsp3) is 0.810. The number of aromatic nitrogens is 1. The van der Waals surface area contributed by atoms with E-state index >= 15 is 0 Å². The van der Waals surface area contributed by atoms with Gasteiger partial charge in [0.05, 0.1) is 18.4 Å². The standard InChI is InChI=1S/C12H22N2.C12H26N2.C12H25NO2S.C12H18.C11H21NO.C11H23NO.C10H12F2.C10H21N.C10H15N/c1-12(2,3)11-5-9-14(10-6-11)8-4-7-13;1-5-13-8-10-14(11-9-13)7-6-12(2,3)4;1-12(2,3)11-5-7-13(8-6-11)9-10-16(4,14)15;1-9-7-6-8-10(2)11(9)12(3,4)5;1-9(13)12-7-5-10(6-8-12)11(2,3)4;1-11(2,3)10-4-6-12(7-5-10)8-9-13;1-10(2,3)7-4-8(11)6-9(12)5-7;1-10(2,3)9-5-7-11(4)8-6-9;1-8-5-6-11-7-9(8)10(2,3)4/h11H,4-6,8-10H2,1-3H3;5-11H2,1-4H3;11H,5-10H2,1-4H3;6-8H,1-5H3;10H,5-8H2,1-4H3;10,13H,4-9H2,1-3H3;4-6H,1-3H3;9H,5-8H2,1-4H3;5-7H,1-4H3. The Morgan fingerprint density at radius 3 is 1.13 bits per heavy atom. The van der Waals surface area contributed by atoms with Gasteiger partial charge in [0.15, 0.2) is 0 Å². The molecule has 6 fully saturated rings. The second-order valence-electron chi connectivity index (χ2n) is 44.7. The molecule has 0 aliphatic carbocycles. The molecule has 13 nitrogen and oxygen atoms in total. The van der Waals surface area contributed by atoms with E-state index in [-0.39, 0.29) is 22.2 Å². The van der Waals surface area contributed by atoms with E-state index < -0.39 is 21.5 Å². The van der Waals surface area contributed by atoms with Crippen LogP contribution in [0.5, 0.6) is 0 Å². The number of carbonyl (C=O) groups is 1. The molecule has 6 aliphatic heterocycles. The van der Waals surface area contributed by atoms with Crippen LogP contribution in [-0.4, -0.2) is 209 Å². The molecule has 9 rings (SSSR count). The lowest BCUT2D eigenvalue weighted by molar-refractivity contribution is -0.130. The van der Waals surface area contributed by atoms with Crippen LogP contribution in [0.25, 0.3) is 0 Å². The van der Waals surface area contributed by atoms with Gasteiger partial charge in [0.2, 0.25) is 5.91 Å². The summed E-state index contributed by atoms with van der Waals surface area (Å²) in [5.74, 6) is 3.73. The number of likely N-dealkylation sites (N-methyl/N-ethyl adjacent to an activating group) is 1. The zero-order chi connectivity index (χ0) is 89.2. The first-order valence-corrected chi connectivity index (χ1v) is 47.2. The van der Waals surface area contributed by atoms with Crippen molar-refractivity contribution in [3.8, 4) is 6.07 Å². The third-order valence-electron chi connectivity index (χ3n) is 25.2. The molecule has 0 unspecified atom stereocenters. The van der Waals surface area contributed by atoms with Gasteiger partial charge in [0.1, 0.15) is 21.5 Å². The Balaban J connectivity index is 0.000000654. The third kappa shape index (κ3) is 47.5. The molecule has 0 atom stereocenters. The van der Waals surface area contributed by atoms with Crippen molar-refractivity contribution < 1.29 is 27.1 Å². The van der Waals surface area contributed by atoms with Crippen molar-refractivity contribution in [1.29, 1.82) is 5.26 Å². The highest BCUT2D eigenvalue weighted by molar-refractivity contribution is 7.90. The lowest BCUT2D eigenvalue weighted by Gasteiger charge is -2.38. The van der Waals surface area contributed by atoms with E-state index in [9.17, 15) is 22.0 Å². The summed E-state index contributed by atoms with van der Waals surface area (Å²) in [5, 5.41) is 17.3. The molecule has 0 saturated carbocycles. The molecule has 6 saturated heterocycles. The zero-order valence-corrected chi connectivity index (χ0v) is 82.6. The van der Waals surface area contributed by atoms with Crippen molar-refractivity contribution in [2.75, 3.05) is 150 Å². The van der Waals surface area contributed by atoms with E-state index in [1.165, 1.54) is 195 Å². The van der Waals surface area contributed by atoms with Crippen molar-refractivity contribution >= 4 is 15.7 Å². The second kappa shape index (κ2) is 50.6. The summed E-state index contributed by atoms with van der Waals surface area (Å²) in [5.41, 5.74) is 10.7. The molecule has 0 radical (unpaired) electrons. The normalized spacial score (nSPS) is 18.6. The molecule has 2 aromatic carbocycles. The van der Waals surface area contributed by atoms with Crippen LogP contribution in [0.1, 0.15) is 311 Å². The number of carbonyl (C=O) groups excluding carboxylic acids is 1. The van der Waals surface area contributed by atoms with Gasteiger partial charge in [-0.05, 0) is 294 Å². The maximum Gasteiger partial charge on any atom is 0.219 e. The number of β-amino-alcohol motifs (C(OH)–C–C–N with tert-alkyl or cyclic N) is 1. The maximum atomic E-state index is 12.7. The minimum atomic E-state index is -2.81. The number of benzene rings is 2. The molecule has 1 aromatic heterocycles. The molecule has 0 bridgehead atoms. The van der Waals surface area contributed by atoms with E-state index in [1.807, 2.05) is 38.1 Å². The highest BCUT2D eigenvalue weighted by Crippen LogP contribution is 2.39. The number of aliphatic hydroxyl groups is 1. The quantitative estimate of drug-likeness (QED) is 0.207. The van der Waals surface area contributed by atoms with Crippen molar-refractivity contribution in [2.45, 2.75) is 315 Å². The fourth-order valence-corrected chi connectivity index (χ4v) is 17.3. The molecule has 1 amide bonds. The Hall–Kier alpha value is -3.92. The topological polar surface area (TPSA) is 131 Å². The number of hydrogen-bond donors (Lipinski definition) is 1.